The molecule has 0 aliphatic carbocycles. The number of H-pyrrole nitrogens is 1. The second-order valence-corrected chi connectivity index (χ2v) is 6.06. The molecule has 1 atom stereocenters. The van der Waals surface area contributed by atoms with Gasteiger partial charge in [0, 0.05) is 19.5 Å². The molecule has 7 nitrogen and oxygen atoms in total. The zero-order valence-electron chi connectivity index (χ0n) is 13.7. The number of aromatic amines is 1. The largest absolute Gasteiger partial charge is 0.439 e. The Morgan fingerprint density at radius 3 is 3.08 bits per heavy atom. The number of oxazole rings is 1. The summed E-state index contributed by atoms with van der Waals surface area (Å²) in [6, 6.07) is 7.83. The number of aromatic nitrogens is 4. The number of aryl methyl sites for hydroxylation is 1. The van der Waals surface area contributed by atoms with E-state index in [2.05, 4.69) is 32.0 Å². The molecule has 3 heterocycles. The third-order valence-corrected chi connectivity index (χ3v) is 4.17. The van der Waals surface area contributed by atoms with Crippen LogP contribution in [0.3, 0.4) is 0 Å². The van der Waals surface area contributed by atoms with E-state index in [1.54, 1.807) is 0 Å². The van der Waals surface area contributed by atoms with Gasteiger partial charge in [-0.05, 0) is 18.6 Å². The molecule has 0 radical (unpaired) electrons. The maximum Gasteiger partial charge on any atom is 0.209 e. The predicted octanol–water partition coefficient (Wildman–Crippen LogP) is 2.47. The van der Waals surface area contributed by atoms with Crippen LogP contribution in [-0.2, 0) is 17.7 Å². The third kappa shape index (κ3) is 3.18. The van der Waals surface area contributed by atoms with E-state index in [1.165, 1.54) is 0 Å². The molecule has 0 amide bonds. The second kappa shape index (κ2) is 6.70. The maximum absolute atomic E-state index is 5.84. The summed E-state index contributed by atoms with van der Waals surface area (Å²) in [5.41, 5.74) is 1.73. The van der Waals surface area contributed by atoms with Gasteiger partial charge >= 0.3 is 0 Å². The van der Waals surface area contributed by atoms with Crippen molar-refractivity contribution in [2.45, 2.75) is 32.4 Å². The number of morpholine rings is 1. The lowest BCUT2D eigenvalue weighted by molar-refractivity contribution is -0.0391. The highest BCUT2D eigenvalue weighted by Gasteiger charge is 2.26. The molecule has 3 aromatic rings. The number of rotatable bonds is 5. The van der Waals surface area contributed by atoms with E-state index in [0.29, 0.717) is 13.2 Å². The Hall–Kier alpha value is -2.25. The van der Waals surface area contributed by atoms with Crippen LogP contribution in [0.2, 0.25) is 0 Å². The second-order valence-electron chi connectivity index (χ2n) is 6.06. The lowest BCUT2D eigenvalue weighted by Gasteiger charge is -2.30. The number of ether oxygens (including phenoxy) is 1. The molecule has 1 saturated heterocycles. The number of nitrogens with zero attached hydrogens (tertiary/aromatic N) is 4. The molecule has 24 heavy (non-hydrogen) atoms. The fourth-order valence-corrected chi connectivity index (χ4v) is 2.98. The summed E-state index contributed by atoms with van der Waals surface area (Å²) in [4.78, 5) is 11.4. The molecule has 1 aliphatic heterocycles. The number of hydrogen-bond donors (Lipinski definition) is 1. The van der Waals surface area contributed by atoms with Crippen molar-refractivity contribution in [3.05, 3.63) is 41.8 Å². The van der Waals surface area contributed by atoms with Crippen LogP contribution < -0.4 is 0 Å². The zero-order valence-corrected chi connectivity index (χ0v) is 13.7. The number of fused-ring (bicyclic) bond motifs is 1. The third-order valence-electron chi connectivity index (χ3n) is 4.17. The number of para-hydroxylation sites is 2. The highest BCUT2D eigenvalue weighted by molar-refractivity contribution is 5.72. The van der Waals surface area contributed by atoms with Crippen molar-refractivity contribution in [2.75, 3.05) is 19.7 Å². The lowest BCUT2D eigenvalue weighted by atomic mass is 10.2. The van der Waals surface area contributed by atoms with Crippen molar-refractivity contribution in [1.82, 2.24) is 25.1 Å². The molecule has 0 spiro atoms. The monoisotopic (exact) mass is 327 g/mol. The van der Waals surface area contributed by atoms with E-state index in [9.17, 15) is 0 Å². The van der Waals surface area contributed by atoms with Gasteiger partial charge in [-0.1, -0.05) is 19.1 Å². The molecule has 0 saturated carbocycles. The molecular weight excluding hydrogens is 306 g/mol. The van der Waals surface area contributed by atoms with Crippen LogP contribution in [-0.4, -0.2) is 44.8 Å². The van der Waals surface area contributed by atoms with Gasteiger partial charge < -0.3 is 9.15 Å². The minimum absolute atomic E-state index is 0.106. The Bertz CT molecular complexity index is 779. The summed E-state index contributed by atoms with van der Waals surface area (Å²) >= 11 is 0. The minimum Gasteiger partial charge on any atom is -0.439 e. The van der Waals surface area contributed by atoms with Crippen LogP contribution in [0, 0.1) is 0 Å². The molecule has 7 heteroatoms. The maximum atomic E-state index is 5.84. The summed E-state index contributed by atoms with van der Waals surface area (Å²) in [7, 11) is 0. The van der Waals surface area contributed by atoms with Gasteiger partial charge in [0.1, 0.15) is 17.4 Å². The normalized spacial score (nSPS) is 19.1. The van der Waals surface area contributed by atoms with E-state index in [1.807, 2.05) is 24.3 Å². The average Bonchev–Trinajstić information content (AvgIpc) is 3.21. The van der Waals surface area contributed by atoms with E-state index < -0.39 is 0 Å². The molecule has 1 aliphatic rings. The summed E-state index contributed by atoms with van der Waals surface area (Å²) in [5, 5.41) is 7.30. The first-order chi connectivity index (χ1) is 11.8. The molecule has 1 unspecified atom stereocenters. The average molecular weight is 327 g/mol. The number of benzene rings is 1. The summed E-state index contributed by atoms with van der Waals surface area (Å²) < 4.78 is 11.7. The zero-order chi connectivity index (χ0) is 16.4. The van der Waals surface area contributed by atoms with Gasteiger partial charge in [0.2, 0.25) is 5.89 Å². The van der Waals surface area contributed by atoms with Crippen LogP contribution in [0.1, 0.15) is 37.0 Å². The Labute approximate surface area is 140 Å². The lowest BCUT2D eigenvalue weighted by Crippen LogP contribution is -2.38. The van der Waals surface area contributed by atoms with Gasteiger partial charge in [-0.25, -0.2) is 9.97 Å². The Balaban J connectivity index is 1.44. The molecule has 0 bridgehead atoms. The van der Waals surface area contributed by atoms with E-state index in [0.717, 1.165) is 54.6 Å². The molecular formula is C17H21N5O2. The van der Waals surface area contributed by atoms with Crippen LogP contribution >= 0.6 is 0 Å². The molecule has 1 aromatic carbocycles. The quantitative estimate of drug-likeness (QED) is 0.775. The van der Waals surface area contributed by atoms with E-state index in [-0.39, 0.29) is 6.10 Å². The fraction of sp³-hybridized carbons (Fsp3) is 0.471. The van der Waals surface area contributed by atoms with Crippen molar-refractivity contribution in [3.8, 4) is 0 Å². The van der Waals surface area contributed by atoms with Crippen molar-refractivity contribution in [2.24, 2.45) is 0 Å². The Morgan fingerprint density at radius 1 is 1.29 bits per heavy atom. The number of hydrogen-bond acceptors (Lipinski definition) is 6. The van der Waals surface area contributed by atoms with E-state index >= 15 is 0 Å². The first-order valence-corrected chi connectivity index (χ1v) is 8.41. The molecule has 126 valence electrons. The molecule has 1 N–H and O–H groups in total. The molecule has 4 rings (SSSR count). The van der Waals surface area contributed by atoms with E-state index in [4.69, 9.17) is 9.15 Å². The van der Waals surface area contributed by atoms with Crippen LogP contribution in [0.25, 0.3) is 11.1 Å². The van der Waals surface area contributed by atoms with Crippen molar-refractivity contribution < 1.29 is 9.15 Å². The van der Waals surface area contributed by atoms with Gasteiger partial charge in [-0.3, -0.25) is 10.00 Å². The van der Waals surface area contributed by atoms with Gasteiger partial charge in [0.15, 0.2) is 11.4 Å². The number of nitrogens with one attached hydrogen (secondary N) is 1. The SMILES string of the molecule is CCCc1nc(C2CN(Cc3nc4ccccc4o3)CCO2)n[nH]1. The topological polar surface area (TPSA) is 80.1 Å². The Morgan fingerprint density at radius 2 is 2.21 bits per heavy atom. The summed E-state index contributed by atoms with van der Waals surface area (Å²) in [6.45, 7) is 5.04. The van der Waals surface area contributed by atoms with Crippen molar-refractivity contribution >= 4 is 11.1 Å². The van der Waals surface area contributed by atoms with Crippen molar-refractivity contribution in [1.29, 1.82) is 0 Å². The van der Waals surface area contributed by atoms with Crippen LogP contribution in [0.15, 0.2) is 28.7 Å². The molecule has 2 aromatic heterocycles. The fourth-order valence-electron chi connectivity index (χ4n) is 2.98. The van der Waals surface area contributed by atoms with Crippen molar-refractivity contribution in [3.63, 3.8) is 0 Å². The van der Waals surface area contributed by atoms with Crippen LogP contribution in [0.4, 0.5) is 0 Å². The highest BCUT2D eigenvalue weighted by Crippen LogP contribution is 2.22. The van der Waals surface area contributed by atoms with Gasteiger partial charge in [0.05, 0.1) is 13.2 Å². The standard InChI is InChI=1S/C17H21N5O2/c1-2-5-15-19-17(21-20-15)14-10-22(8-9-23-14)11-16-18-12-6-3-4-7-13(12)24-16/h3-4,6-7,14H,2,5,8-11H2,1H3,(H,19,20,21). The van der Waals surface area contributed by atoms with Gasteiger partial charge in [0.25, 0.3) is 0 Å². The predicted molar refractivity (Wildman–Crippen MR) is 88.4 cm³/mol. The van der Waals surface area contributed by atoms with Crippen LogP contribution in [0.5, 0.6) is 0 Å². The molecule has 1 fully saturated rings. The minimum atomic E-state index is -0.106. The first kappa shape index (κ1) is 15.3. The Kier molecular flexibility index (Phi) is 4.27. The van der Waals surface area contributed by atoms with Gasteiger partial charge in [-0.2, -0.15) is 5.10 Å². The summed E-state index contributed by atoms with van der Waals surface area (Å²) in [5.74, 6) is 2.39. The smallest absolute Gasteiger partial charge is 0.209 e. The summed E-state index contributed by atoms with van der Waals surface area (Å²) in [6.07, 6.45) is 1.85. The first-order valence-electron chi connectivity index (χ1n) is 8.41. The van der Waals surface area contributed by atoms with Gasteiger partial charge in [-0.15, -0.1) is 0 Å². The highest BCUT2D eigenvalue weighted by atomic mass is 16.5.